The first kappa shape index (κ1) is 32.2. The molecule has 0 aliphatic carbocycles. The van der Waals surface area contributed by atoms with Gasteiger partial charge in [0, 0.05) is 17.6 Å². The van der Waals surface area contributed by atoms with Crippen molar-refractivity contribution >= 4 is 39.1 Å². The fourth-order valence-electron chi connectivity index (χ4n) is 4.55. The van der Waals surface area contributed by atoms with Crippen molar-refractivity contribution in [2.45, 2.75) is 77.4 Å². The number of hydrogen-bond donors (Lipinski definition) is 1. The zero-order valence-corrected chi connectivity index (χ0v) is 26.0. The zero-order valence-electron chi connectivity index (χ0n) is 24.4. The molecule has 0 bridgehead atoms. The molecule has 9 heteroatoms. The molecule has 0 aliphatic rings. The fraction of sp³-hybridized carbons (Fsp3) is 0.375. The first-order valence-corrected chi connectivity index (χ1v) is 15.8. The third-order valence-corrected chi connectivity index (χ3v) is 9.21. The van der Waals surface area contributed by atoms with Crippen molar-refractivity contribution in [1.82, 2.24) is 10.2 Å². The molecule has 0 saturated heterocycles. The lowest BCUT2D eigenvalue weighted by Gasteiger charge is -2.34. The SMILES string of the molecule is CCc1ccccc1N(CC(=O)N(Cc1ccc(Cl)cc1)[C@H](CC)C(=O)N[C@@H](C)CC)S(=O)(=O)c1ccc(C)cc1. The average molecular weight is 598 g/mol. The van der Waals surface area contributed by atoms with E-state index in [1.165, 1.54) is 9.21 Å². The van der Waals surface area contributed by atoms with Crippen LogP contribution in [0.25, 0.3) is 0 Å². The van der Waals surface area contributed by atoms with E-state index in [2.05, 4.69) is 5.32 Å². The molecule has 3 rings (SSSR count). The van der Waals surface area contributed by atoms with Crippen LogP contribution in [0.15, 0.2) is 77.7 Å². The van der Waals surface area contributed by atoms with Crippen LogP contribution in [-0.4, -0.2) is 43.8 Å². The Labute approximate surface area is 249 Å². The van der Waals surface area contributed by atoms with Crippen LogP contribution >= 0.6 is 11.6 Å². The summed E-state index contributed by atoms with van der Waals surface area (Å²) in [5, 5.41) is 3.54. The van der Waals surface area contributed by atoms with Gasteiger partial charge in [0.1, 0.15) is 12.6 Å². The van der Waals surface area contributed by atoms with E-state index in [4.69, 9.17) is 11.6 Å². The van der Waals surface area contributed by atoms with E-state index in [9.17, 15) is 18.0 Å². The Morgan fingerprint density at radius 3 is 2.12 bits per heavy atom. The molecule has 41 heavy (non-hydrogen) atoms. The number of hydrogen-bond acceptors (Lipinski definition) is 4. The Morgan fingerprint density at radius 2 is 1.54 bits per heavy atom. The van der Waals surface area contributed by atoms with Crippen LogP contribution in [-0.2, 0) is 32.6 Å². The molecule has 0 saturated carbocycles. The molecule has 0 heterocycles. The summed E-state index contributed by atoms with van der Waals surface area (Å²) in [7, 11) is -4.12. The molecule has 0 aliphatic heterocycles. The van der Waals surface area contributed by atoms with Crippen LogP contribution in [0.5, 0.6) is 0 Å². The average Bonchev–Trinajstić information content (AvgIpc) is 2.96. The number of para-hydroxylation sites is 1. The van der Waals surface area contributed by atoms with Gasteiger partial charge in [0.05, 0.1) is 10.6 Å². The molecule has 0 fully saturated rings. The van der Waals surface area contributed by atoms with Crippen LogP contribution in [0, 0.1) is 6.92 Å². The standard InChI is InChI=1S/C32H40ClN3O4S/c1-6-24(5)34-32(38)29(8-3)35(21-25-15-17-27(33)18-16-25)31(37)22-36(30-12-10-9-11-26(30)7-2)41(39,40)28-19-13-23(4)14-20-28/h9-20,24,29H,6-8,21-22H2,1-5H3,(H,34,38)/t24-,29+/m0/s1. The number of aryl methyl sites for hydroxylation is 2. The molecule has 2 atom stereocenters. The van der Waals surface area contributed by atoms with Gasteiger partial charge in [-0.2, -0.15) is 0 Å². The maximum Gasteiger partial charge on any atom is 0.264 e. The third-order valence-electron chi connectivity index (χ3n) is 7.18. The summed E-state index contributed by atoms with van der Waals surface area (Å²) in [5.41, 5.74) is 2.93. The molecule has 0 unspecified atom stereocenters. The number of rotatable bonds is 13. The number of nitrogens with zero attached hydrogens (tertiary/aromatic N) is 2. The van der Waals surface area contributed by atoms with Gasteiger partial charge >= 0.3 is 0 Å². The molecule has 0 radical (unpaired) electrons. The highest BCUT2D eigenvalue weighted by molar-refractivity contribution is 7.92. The smallest absolute Gasteiger partial charge is 0.264 e. The second-order valence-corrected chi connectivity index (χ2v) is 12.5. The van der Waals surface area contributed by atoms with Crippen molar-refractivity contribution < 1.29 is 18.0 Å². The van der Waals surface area contributed by atoms with Crippen molar-refractivity contribution in [2.24, 2.45) is 0 Å². The topological polar surface area (TPSA) is 86.8 Å². The molecular formula is C32H40ClN3O4S. The summed E-state index contributed by atoms with van der Waals surface area (Å²) < 4.78 is 29.3. The quantitative estimate of drug-likeness (QED) is 0.257. The van der Waals surface area contributed by atoms with E-state index in [0.29, 0.717) is 23.6 Å². The van der Waals surface area contributed by atoms with E-state index in [1.807, 2.05) is 46.8 Å². The Kier molecular flexibility index (Phi) is 11.4. The van der Waals surface area contributed by atoms with Gasteiger partial charge in [0.15, 0.2) is 0 Å². The number of halogens is 1. The predicted octanol–water partition coefficient (Wildman–Crippen LogP) is 6.13. The summed E-state index contributed by atoms with van der Waals surface area (Å²) in [6, 6.07) is 19.9. The van der Waals surface area contributed by atoms with Crippen molar-refractivity contribution in [2.75, 3.05) is 10.8 Å². The van der Waals surface area contributed by atoms with Gasteiger partial charge in [-0.1, -0.05) is 80.4 Å². The van der Waals surface area contributed by atoms with Gasteiger partial charge in [0.2, 0.25) is 11.8 Å². The highest BCUT2D eigenvalue weighted by atomic mass is 35.5. The number of sulfonamides is 1. The molecular weight excluding hydrogens is 558 g/mol. The number of benzene rings is 3. The van der Waals surface area contributed by atoms with E-state index in [1.54, 1.807) is 60.7 Å². The molecule has 3 aromatic rings. The number of carbonyl (C=O) groups is 2. The first-order chi connectivity index (χ1) is 19.5. The monoisotopic (exact) mass is 597 g/mol. The number of nitrogens with one attached hydrogen (secondary N) is 1. The second kappa shape index (κ2) is 14.5. The van der Waals surface area contributed by atoms with E-state index >= 15 is 0 Å². The molecule has 1 N–H and O–H groups in total. The lowest BCUT2D eigenvalue weighted by molar-refractivity contribution is -0.140. The van der Waals surface area contributed by atoms with Gasteiger partial charge in [-0.3, -0.25) is 13.9 Å². The van der Waals surface area contributed by atoms with Crippen LogP contribution in [0.1, 0.15) is 57.2 Å². The van der Waals surface area contributed by atoms with Crippen LogP contribution in [0.4, 0.5) is 5.69 Å². The highest BCUT2D eigenvalue weighted by Gasteiger charge is 2.34. The second-order valence-electron chi connectivity index (χ2n) is 10.2. The number of anilines is 1. The maximum absolute atomic E-state index is 14.2. The molecule has 220 valence electrons. The van der Waals surface area contributed by atoms with Crippen molar-refractivity contribution in [3.63, 3.8) is 0 Å². The van der Waals surface area contributed by atoms with Gasteiger partial charge in [-0.05, 0) is 74.6 Å². The molecule has 7 nitrogen and oxygen atoms in total. The van der Waals surface area contributed by atoms with Gasteiger partial charge < -0.3 is 10.2 Å². The van der Waals surface area contributed by atoms with Crippen LogP contribution in [0.3, 0.4) is 0 Å². The van der Waals surface area contributed by atoms with Gasteiger partial charge in [0.25, 0.3) is 10.0 Å². The third kappa shape index (κ3) is 8.11. The number of amides is 2. The van der Waals surface area contributed by atoms with Crippen LogP contribution in [0.2, 0.25) is 5.02 Å². The van der Waals surface area contributed by atoms with E-state index in [-0.39, 0.29) is 23.4 Å². The maximum atomic E-state index is 14.2. The van der Waals surface area contributed by atoms with E-state index < -0.39 is 28.5 Å². The van der Waals surface area contributed by atoms with Crippen molar-refractivity contribution in [3.8, 4) is 0 Å². The summed E-state index contributed by atoms with van der Waals surface area (Å²) in [6.45, 7) is 9.21. The molecule has 2 amide bonds. The largest absolute Gasteiger partial charge is 0.352 e. The predicted molar refractivity (Wildman–Crippen MR) is 166 cm³/mol. The first-order valence-electron chi connectivity index (χ1n) is 14.0. The zero-order chi connectivity index (χ0) is 30.2. The summed E-state index contributed by atoms with van der Waals surface area (Å²) >= 11 is 6.09. The van der Waals surface area contributed by atoms with Crippen LogP contribution < -0.4 is 9.62 Å². The lowest BCUT2D eigenvalue weighted by Crippen LogP contribution is -2.53. The molecule has 0 spiro atoms. The normalized spacial score (nSPS) is 12.8. The van der Waals surface area contributed by atoms with Crippen molar-refractivity contribution in [1.29, 1.82) is 0 Å². The summed E-state index contributed by atoms with van der Waals surface area (Å²) in [5.74, 6) is -0.751. The van der Waals surface area contributed by atoms with Crippen molar-refractivity contribution in [3.05, 3.63) is 94.5 Å². The minimum atomic E-state index is -4.12. The summed E-state index contributed by atoms with van der Waals surface area (Å²) in [6.07, 6.45) is 1.68. The Morgan fingerprint density at radius 1 is 0.902 bits per heavy atom. The Balaban J connectivity index is 2.09. The minimum Gasteiger partial charge on any atom is -0.352 e. The Bertz CT molecular complexity index is 1430. The lowest BCUT2D eigenvalue weighted by atomic mass is 10.1. The van der Waals surface area contributed by atoms with Gasteiger partial charge in [-0.15, -0.1) is 0 Å². The minimum absolute atomic E-state index is 0.0705. The summed E-state index contributed by atoms with van der Waals surface area (Å²) in [4.78, 5) is 29.2. The fourth-order valence-corrected chi connectivity index (χ4v) is 6.13. The van der Waals surface area contributed by atoms with Gasteiger partial charge in [-0.25, -0.2) is 8.42 Å². The van der Waals surface area contributed by atoms with E-state index in [0.717, 1.165) is 23.1 Å². The molecule has 3 aromatic carbocycles. The number of carbonyl (C=O) groups excluding carboxylic acids is 2. The Hall–Kier alpha value is -3.36. The molecule has 0 aromatic heterocycles. The highest BCUT2D eigenvalue weighted by Crippen LogP contribution is 2.28.